The Morgan fingerprint density at radius 1 is 0.667 bits per heavy atom. The number of carboxylic acids is 1. The first kappa shape index (κ1) is 15.8. The Bertz CT molecular complexity index is 1000. The predicted molar refractivity (Wildman–Crippen MR) is 99.6 cm³/mol. The highest BCUT2D eigenvalue weighted by atomic mass is 16.4. The van der Waals surface area contributed by atoms with Crippen LogP contribution < -0.4 is 0 Å². The van der Waals surface area contributed by atoms with Crippen LogP contribution in [-0.4, -0.2) is 11.1 Å². The summed E-state index contributed by atoms with van der Waals surface area (Å²) in [6.07, 6.45) is 0. The van der Waals surface area contributed by atoms with Crippen molar-refractivity contribution in [2.24, 2.45) is 0 Å². The van der Waals surface area contributed by atoms with Crippen LogP contribution in [0.25, 0.3) is 21.5 Å². The highest BCUT2D eigenvalue weighted by Crippen LogP contribution is 2.15. The van der Waals surface area contributed by atoms with E-state index in [-0.39, 0.29) is 0 Å². The monoisotopic (exact) mass is 314 g/mol. The molecule has 0 spiro atoms. The molecule has 0 atom stereocenters. The smallest absolute Gasteiger partial charge is 0.335 e. The Morgan fingerprint density at radius 3 is 1.75 bits per heavy atom. The third kappa shape index (κ3) is 3.61. The zero-order valence-electron chi connectivity index (χ0n) is 13.4. The van der Waals surface area contributed by atoms with E-state index < -0.39 is 5.97 Å². The Hall–Kier alpha value is -3.13. The number of benzene rings is 4. The number of rotatable bonds is 1. The van der Waals surface area contributed by atoms with Crippen molar-refractivity contribution in [3.05, 3.63) is 96.1 Å². The largest absolute Gasteiger partial charge is 0.478 e. The number of hydrogen-bond donors (Lipinski definition) is 1. The highest BCUT2D eigenvalue weighted by molar-refractivity contribution is 5.94. The molecule has 0 aliphatic heterocycles. The number of carbonyl (C=O) groups is 1. The molecule has 2 nitrogen and oxygen atoms in total. The van der Waals surface area contributed by atoms with E-state index in [2.05, 4.69) is 49.4 Å². The third-order valence-corrected chi connectivity index (χ3v) is 3.90. The van der Waals surface area contributed by atoms with Gasteiger partial charge in [-0.15, -0.1) is 0 Å². The van der Waals surface area contributed by atoms with Crippen molar-refractivity contribution in [3.63, 3.8) is 0 Å². The Labute approximate surface area is 141 Å². The standard InChI is InChI=1S/C11H8O2.C11H10/c12-11(13)10-6-5-8-3-1-2-4-9(8)7-10;1-9-6-7-10-4-2-3-5-11(10)8-9/h1-7H,(H,12,13);2-8H,1H3. The highest BCUT2D eigenvalue weighted by Gasteiger charge is 2.01. The second-order valence-electron chi connectivity index (χ2n) is 5.72. The molecule has 4 aromatic carbocycles. The Morgan fingerprint density at radius 2 is 1.17 bits per heavy atom. The normalized spacial score (nSPS) is 10.2. The van der Waals surface area contributed by atoms with Crippen molar-refractivity contribution >= 4 is 27.5 Å². The molecule has 0 unspecified atom stereocenters. The van der Waals surface area contributed by atoms with Gasteiger partial charge in [0.25, 0.3) is 0 Å². The second-order valence-corrected chi connectivity index (χ2v) is 5.72. The van der Waals surface area contributed by atoms with Crippen LogP contribution in [0.4, 0.5) is 0 Å². The maximum absolute atomic E-state index is 10.6. The lowest BCUT2D eigenvalue weighted by atomic mass is 10.1. The quantitative estimate of drug-likeness (QED) is 0.490. The average molecular weight is 314 g/mol. The van der Waals surface area contributed by atoms with E-state index in [9.17, 15) is 4.79 Å². The predicted octanol–water partition coefficient (Wildman–Crippen LogP) is 5.69. The molecule has 2 heteroatoms. The minimum Gasteiger partial charge on any atom is -0.478 e. The summed E-state index contributed by atoms with van der Waals surface area (Å²) in [4.78, 5) is 10.6. The van der Waals surface area contributed by atoms with E-state index in [1.54, 1.807) is 12.1 Å². The first-order valence-electron chi connectivity index (χ1n) is 7.81. The number of fused-ring (bicyclic) bond motifs is 2. The molecule has 0 aliphatic rings. The first-order chi connectivity index (χ1) is 11.6. The molecule has 0 fully saturated rings. The fraction of sp³-hybridized carbons (Fsp3) is 0.0455. The molecule has 0 amide bonds. The average Bonchev–Trinajstić information content (AvgIpc) is 2.61. The summed E-state index contributed by atoms with van der Waals surface area (Å²) >= 11 is 0. The van der Waals surface area contributed by atoms with Gasteiger partial charge in [-0.1, -0.05) is 78.4 Å². The number of aryl methyl sites for hydroxylation is 1. The molecule has 4 aromatic rings. The van der Waals surface area contributed by atoms with Crippen LogP contribution in [0, 0.1) is 6.92 Å². The molecule has 0 bridgehead atoms. The van der Waals surface area contributed by atoms with Gasteiger partial charge in [0.15, 0.2) is 0 Å². The SMILES string of the molecule is Cc1ccc2ccccc2c1.O=C(O)c1ccc2ccccc2c1. The van der Waals surface area contributed by atoms with Crippen molar-refractivity contribution in [2.45, 2.75) is 6.92 Å². The van der Waals surface area contributed by atoms with Gasteiger partial charge in [-0.25, -0.2) is 4.79 Å². The summed E-state index contributed by atoms with van der Waals surface area (Å²) < 4.78 is 0. The van der Waals surface area contributed by atoms with E-state index in [4.69, 9.17) is 5.11 Å². The maximum Gasteiger partial charge on any atom is 0.335 e. The van der Waals surface area contributed by atoms with Gasteiger partial charge in [0, 0.05) is 0 Å². The van der Waals surface area contributed by atoms with E-state index >= 15 is 0 Å². The molecule has 0 heterocycles. The molecule has 24 heavy (non-hydrogen) atoms. The van der Waals surface area contributed by atoms with Crippen molar-refractivity contribution in [3.8, 4) is 0 Å². The van der Waals surface area contributed by atoms with Crippen LogP contribution in [0.15, 0.2) is 84.9 Å². The van der Waals surface area contributed by atoms with Crippen LogP contribution in [0.2, 0.25) is 0 Å². The Kier molecular flexibility index (Phi) is 4.57. The summed E-state index contributed by atoms with van der Waals surface area (Å²) in [5.74, 6) is -0.884. The van der Waals surface area contributed by atoms with Gasteiger partial charge in [0.1, 0.15) is 0 Å². The fourth-order valence-electron chi connectivity index (χ4n) is 2.63. The Balaban J connectivity index is 0.000000143. The molecule has 0 aromatic heterocycles. The van der Waals surface area contributed by atoms with Crippen molar-refractivity contribution in [1.82, 2.24) is 0 Å². The summed E-state index contributed by atoms with van der Waals surface area (Å²) in [6, 6.07) is 27.7. The lowest BCUT2D eigenvalue weighted by Crippen LogP contribution is -1.94. The van der Waals surface area contributed by atoms with Gasteiger partial charge in [-0.3, -0.25) is 0 Å². The molecule has 4 rings (SSSR count). The minimum atomic E-state index is -0.884. The summed E-state index contributed by atoms with van der Waals surface area (Å²) in [5, 5.41) is 13.4. The zero-order valence-corrected chi connectivity index (χ0v) is 13.4. The zero-order chi connectivity index (χ0) is 16.9. The molecule has 1 N–H and O–H groups in total. The second kappa shape index (κ2) is 6.97. The summed E-state index contributed by atoms with van der Waals surface area (Å²) in [7, 11) is 0. The molecule has 0 radical (unpaired) electrons. The maximum atomic E-state index is 10.6. The lowest BCUT2D eigenvalue weighted by Gasteiger charge is -1.98. The summed E-state index contributed by atoms with van der Waals surface area (Å²) in [5.41, 5.74) is 1.66. The van der Waals surface area contributed by atoms with Gasteiger partial charge in [0.05, 0.1) is 5.56 Å². The minimum absolute atomic E-state index is 0.332. The van der Waals surface area contributed by atoms with Crippen LogP contribution in [0.3, 0.4) is 0 Å². The number of hydrogen-bond acceptors (Lipinski definition) is 1. The summed E-state index contributed by atoms with van der Waals surface area (Å²) in [6.45, 7) is 2.12. The molecular formula is C22H18O2. The van der Waals surface area contributed by atoms with Gasteiger partial charge in [0.2, 0.25) is 0 Å². The molecule has 118 valence electrons. The van der Waals surface area contributed by atoms with E-state index in [1.165, 1.54) is 16.3 Å². The molecular weight excluding hydrogens is 296 g/mol. The number of carboxylic acid groups (broad SMARTS) is 1. The first-order valence-corrected chi connectivity index (χ1v) is 7.81. The molecule has 0 aliphatic carbocycles. The van der Waals surface area contributed by atoms with Crippen molar-refractivity contribution in [1.29, 1.82) is 0 Å². The van der Waals surface area contributed by atoms with E-state index in [1.807, 2.05) is 30.3 Å². The number of aromatic carboxylic acids is 1. The van der Waals surface area contributed by atoms with E-state index in [0.29, 0.717) is 5.56 Å². The third-order valence-electron chi connectivity index (χ3n) is 3.90. The van der Waals surface area contributed by atoms with Gasteiger partial charge in [-0.2, -0.15) is 0 Å². The van der Waals surface area contributed by atoms with Crippen LogP contribution in [-0.2, 0) is 0 Å². The van der Waals surface area contributed by atoms with Gasteiger partial charge < -0.3 is 5.11 Å². The van der Waals surface area contributed by atoms with Crippen LogP contribution in [0.1, 0.15) is 15.9 Å². The van der Waals surface area contributed by atoms with Crippen molar-refractivity contribution < 1.29 is 9.90 Å². The van der Waals surface area contributed by atoms with Gasteiger partial charge in [-0.05, 0) is 40.6 Å². The van der Waals surface area contributed by atoms with Gasteiger partial charge >= 0.3 is 5.97 Å². The van der Waals surface area contributed by atoms with E-state index in [0.717, 1.165) is 10.8 Å². The molecule has 0 saturated carbocycles. The fourth-order valence-corrected chi connectivity index (χ4v) is 2.63. The topological polar surface area (TPSA) is 37.3 Å². The molecule has 0 saturated heterocycles. The van der Waals surface area contributed by atoms with Crippen LogP contribution in [0.5, 0.6) is 0 Å². The van der Waals surface area contributed by atoms with Crippen LogP contribution >= 0.6 is 0 Å². The lowest BCUT2D eigenvalue weighted by molar-refractivity contribution is 0.0697. The van der Waals surface area contributed by atoms with Crippen molar-refractivity contribution in [2.75, 3.05) is 0 Å².